The van der Waals surface area contributed by atoms with Crippen LogP contribution in [0.1, 0.15) is 11.1 Å². The number of aromatic nitrogens is 2. The minimum Gasteiger partial charge on any atom is -0.327 e. The maximum atomic E-state index is 6.33. The lowest BCUT2D eigenvalue weighted by molar-refractivity contribution is 0.807. The molecule has 0 saturated heterocycles. The van der Waals surface area contributed by atoms with Gasteiger partial charge in [0.05, 0.1) is 6.54 Å². The summed E-state index contributed by atoms with van der Waals surface area (Å²) in [5.41, 5.74) is 3.39. The van der Waals surface area contributed by atoms with Crippen LogP contribution in [0.4, 0.5) is 0 Å². The Kier molecular flexibility index (Phi) is 4.31. The lowest BCUT2D eigenvalue weighted by atomic mass is 10.1. The molecular weight excluding hydrogens is 395 g/mol. The standard InChI is InChI=1S/C17H14ClIN2/c1-12-2-3-14(16(18)10-12)11-21-9-8-20-17(21)13-4-6-15(19)7-5-13/h2-10H,11H2,1H3. The van der Waals surface area contributed by atoms with Gasteiger partial charge < -0.3 is 4.57 Å². The Balaban J connectivity index is 1.94. The third-order valence-corrected chi connectivity index (χ3v) is 4.44. The maximum Gasteiger partial charge on any atom is 0.140 e. The minimum atomic E-state index is 0.723. The van der Waals surface area contributed by atoms with Crippen molar-refractivity contribution in [3.05, 3.63) is 74.6 Å². The second kappa shape index (κ2) is 6.20. The van der Waals surface area contributed by atoms with Gasteiger partial charge in [0.1, 0.15) is 5.82 Å². The molecule has 106 valence electrons. The number of rotatable bonds is 3. The summed E-state index contributed by atoms with van der Waals surface area (Å²) >= 11 is 8.64. The summed E-state index contributed by atoms with van der Waals surface area (Å²) in [6, 6.07) is 14.5. The average Bonchev–Trinajstić information content (AvgIpc) is 2.91. The summed E-state index contributed by atoms with van der Waals surface area (Å²) < 4.78 is 3.34. The molecule has 0 aliphatic rings. The van der Waals surface area contributed by atoms with Gasteiger partial charge in [-0.05, 0) is 58.8 Å². The molecule has 0 bridgehead atoms. The molecule has 0 aliphatic heterocycles. The van der Waals surface area contributed by atoms with Crippen molar-refractivity contribution in [1.82, 2.24) is 9.55 Å². The normalized spacial score (nSPS) is 10.8. The van der Waals surface area contributed by atoms with Crippen molar-refractivity contribution in [2.45, 2.75) is 13.5 Å². The zero-order chi connectivity index (χ0) is 14.8. The molecule has 21 heavy (non-hydrogen) atoms. The van der Waals surface area contributed by atoms with E-state index in [1.807, 2.05) is 25.4 Å². The molecule has 0 aliphatic carbocycles. The van der Waals surface area contributed by atoms with E-state index in [9.17, 15) is 0 Å². The van der Waals surface area contributed by atoms with Gasteiger partial charge in [-0.15, -0.1) is 0 Å². The second-order valence-corrected chi connectivity index (χ2v) is 6.63. The predicted octanol–water partition coefficient (Wildman–Crippen LogP) is 5.16. The monoisotopic (exact) mass is 408 g/mol. The van der Waals surface area contributed by atoms with Crippen molar-refractivity contribution in [2.24, 2.45) is 0 Å². The molecule has 0 atom stereocenters. The Bertz CT molecular complexity index is 763. The van der Waals surface area contributed by atoms with Crippen LogP contribution in [0.2, 0.25) is 5.02 Å². The number of benzene rings is 2. The SMILES string of the molecule is Cc1ccc(Cn2ccnc2-c2ccc(I)cc2)c(Cl)c1. The summed E-state index contributed by atoms with van der Waals surface area (Å²) in [5, 5.41) is 0.803. The van der Waals surface area contributed by atoms with E-state index in [1.165, 1.54) is 9.13 Å². The van der Waals surface area contributed by atoms with E-state index in [0.29, 0.717) is 0 Å². The van der Waals surface area contributed by atoms with Crippen molar-refractivity contribution >= 4 is 34.2 Å². The molecule has 3 aromatic rings. The molecule has 2 nitrogen and oxygen atoms in total. The molecular formula is C17H14ClIN2. The molecule has 0 N–H and O–H groups in total. The van der Waals surface area contributed by atoms with E-state index >= 15 is 0 Å². The van der Waals surface area contributed by atoms with Gasteiger partial charge in [0.15, 0.2) is 0 Å². The first-order valence-corrected chi connectivity index (χ1v) is 8.11. The van der Waals surface area contributed by atoms with Crippen LogP contribution in [0.5, 0.6) is 0 Å². The van der Waals surface area contributed by atoms with E-state index in [-0.39, 0.29) is 0 Å². The van der Waals surface area contributed by atoms with Crippen LogP contribution >= 0.6 is 34.2 Å². The van der Waals surface area contributed by atoms with Gasteiger partial charge in [-0.25, -0.2) is 4.98 Å². The molecule has 0 unspecified atom stereocenters. The summed E-state index contributed by atoms with van der Waals surface area (Å²) in [6.45, 7) is 2.77. The van der Waals surface area contributed by atoms with Gasteiger partial charge in [-0.3, -0.25) is 0 Å². The Labute approximate surface area is 142 Å². The first-order valence-electron chi connectivity index (χ1n) is 6.65. The smallest absolute Gasteiger partial charge is 0.140 e. The molecule has 0 saturated carbocycles. The van der Waals surface area contributed by atoms with Crippen molar-refractivity contribution < 1.29 is 0 Å². The topological polar surface area (TPSA) is 17.8 Å². The molecule has 2 aromatic carbocycles. The average molecular weight is 409 g/mol. The van der Waals surface area contributed by atoms with E-state index < -0.39 is 0 Å². The number of aryl methyl sites for hydroxylation is 1. The van der Waals surface area contributed by atoms with Crippen molar-refractivity contribution in [2.75, 3.05) is 0 Å². The van der Waals surface area contributed by atoms with Crippen LogP contribution in [-0.2, 0) is 6.54 Å². The van der Waals surface area contributed by atoms with Gasteiger partial charge in [0, 0.05) is 26.5 Å². The molecule has 0 fully saturated rings. The number of hydrogen-bond acceptors (Lipinski definition) is 1. The van der Waals surface area contributed by atoms with E-state index in [0.717, 1.165) is 28.5 Å². The van der Waals surface area contributed by atoms with Crippen LogP contribution < -0.4 is 0 Å². The minimum absolute atomic E-state index is 0.723. The Morgan fingerprint density at radius 3 is 2.62 bits per heavy atom. The molecule has 1 aromatic heterocycles. The number of nitrogens with zero attached hydrogens (tertiary/aromatic N) is 2. The molecule has 3 rings (SSSR count). The third-order valence-electron chi connectivity index (χ3n) is 3.37. The van der Waals surface area contributed by atoms with Gasteiger partial charge in [0.25, 0.3) is 0 Å². The lowest BCUT2D eigenvalue weighted by Crippen LogP contribution is -2.02. The van der Waals surface area contributed by atoms with Crippen LogP contribution in [0, 0.1) is 10.5 Å². The maximum absolute atomic E-state index is 6.33. The fourth-order valence-corrected chi connectivity index (χ4v) is 2.91. The third kappa shape index (κ3) is 3.30. The lowest BCUT2D eigenvalue weighted by Gasteiger charge is -2.10. The zero-order valence-electron chi connectivity index (χ0n) is 11.6. The summed E-state index contributed by atoms with van der Waals surface area (Å²) in [7, 11) is 0. The van der Waals surface area contributed by atoms with Gasteiger partial charge in [0.2, 0.25) is 0 Å². The van der Waals surface area contributed by atoms with Crippen molar-refractivity contribution in [3.8, 4) is 11.4 Å². The first-order chi connectivity index (χ1) is 10.1. The zero-order valence-corrected chi connectivity index (χ0v) is 14.5. The highest BCUT2D eigenvalue weighted by Gasteiger charge is 2.08. The van der Waals surface area contributed by atoms with Crippen LogP contribution in [0.15, 0.2) is 54.9 Å². The number of imidazole rings is 1. The van der Waals surface area contributed by atoms with Crippen molar-refractivity contribution in [3.63, 3.8) is 0 Å². The summed E-state index contributed by atoms with van der Waals surface area (Å²) in [6.07, 6.45) is 3.82. The quantitative estimate of drug-likeness (QED) is 0.547. The van der Waals surface area contributed by atoms with E-state index in [1.54, 1.807) is 0 Å². The number of halogens is 2. The highest BCUT2D eigenvalue weighted by atomic mass is 127. The number of hydrogen-bond donors (Lipinski definition) is 0. The molecule has 0 spiro atoms. The van der Waals surface area contributed by atoms with Crippen molar-refractivity contribution in [1.29, 1.82) is 0 Å². The van der Waals surface area contributed by atoms with Crippen LogP contribution in [0.3, 0.4) is 0 Å². The Morgan fingerprint density at radius 1 is 1.14 bits per heavy atom. The van der Waals surface area contributed by atoms with E-state index in [4.69, 9.17) is 11.6 Å². The van der Waals surface area contributed by atoms with Gasteiger partial charge in [-0.1, -0.05) is 35.9 Å². The van der Waals surface area contributed by atoms with Gasteiger partial charge in [-0.2, -0.15) is 0 Å². The van der Waals surface area contributed by atoms with Crippen LogP contribution in [-0.4, -0.2) is 9.55 Å². The molecule has 0 amide bonds. The summed E-state index contributed by atoms with van der Waals surface area (Å²) in [5.74, 6) is 0.961. The summed E-state index contributed by atoms with van der Waals surface area (Å²) in [4.78, 5) is 4.48. The van der Waals surface area contributed by atoms with Gasteiger partial charge >= 0.3 is 0 Å². The first kappa shape index (κ1) is 14.6. The molecule has 0 radical (unpaired) electrons. The second-order valence-electron chi connectivity index (χ2n) is 4.98. The Hall–Kier alpha value is -1.33. The van der Waals surface area contributed by atoms with Crippen LogP contribution in [0.25, 0.3) is 11.4 Å². The van der Waals surface area contributed by atoms with E-state index in [2.05, 4.69) is 68.5 Å². The largest absolute Gasteiger partial charge is 0.327 e. The molecule has 1 heterocycles. The predicted molar refractivity (Wildman–Crippen MR) is 95.7 cm³/mol. The fraction of sp³-hybridized carbons (Fsp3) is 0.118. The fourth-order valence-electron chi connectivity index (χ4n) is 2.26. The molecule has 4 heteroatoms. The highest BCUT2D eigenvalue weighted by molar-refractivity contribution is 14.1. The Morgan fingerprint density at radius 2 is 1.90 bits per heavy atom. The highest BCUT2D eigenvalue weighted by Crippen LogP contribution is 2.23.